The third kappa shape index (κ3) is 1550. The summed E-state index contributed by atoms with van der Waals surface area (Å²) in [7, 11) is 0. The summed E-state index contributed by atoms with van der Waals surface area (Å²) in [5.41, 5.74) is 0. The zero-order valence-electron chi connectivity index (χ0n) is 4.40. The fraction of sp³-hybridized carbons (Fsp3) is 0. The van der Waals surface area contributed by atoms with Crippen molar-refractivity contribution in [3.63, 3.8) is 0 Å². The van der Waals surface area contributed by atoms with Crippen LogP contribution in [0.1, 0.15) is 0 Å². The Labute approximate surface area is 77.7 Å². The molecule has 0 heterocycles. The van der Waals surface area contributed by atoms with Gasteiger partial charge >= 0.3 is 36.5 Å². The van der Waals surface area contributed by atoms with Gasteiger partial charge in [0.05, 0.1) is 10.2 Å². The molecule has 0 aromatic carbocycles. The Morgan fingerprint density at radius 1 is 0.800 bits per heavy atom. The van der Waals surface area contributed by atoms with E-state index in [4.69, 9.17) is 30.6 Å². The van der Waals surface area contributed by atoms with E-state index in [-0.39, 0.29) is 36.5 Å². The van der Waals surface area contributed by atoms with Gasteiger partial charge in [-0.2, -0.15) is 0 Å². The van der Waals surface area contributed by atoms with E-state index >= 15 is 0 Å². The van der Waals surface area contributed by atoms with Crippen LogP contribution in [-0.2, 0) is 36.5 Å². The second-order valence-electron chi connectivity index (χ2n) is 0.447. The summed E-state index contributed by atoms with van der Waals surface area (Å²) in [6.07, 6.45) is 0. The molecule has 0 aromatic rings. The zero-order valence-corrected chi connectivity index (χ0v) is 8.48. The molecule has 10 heteroatoms. The maximum atomic E-state index is 8.25. The molecular weight excluding hydrogens is 245 g/mol. The van der Waals surface area contributed by atoms with Gasteiger partial charge in [0.2, 0.25) is 0 Å². The van der Waals surface area contributed by atoms with Gasteiger partial charge in [-0.25, -0.2) is 0 Å². The molecule has 0 fully saturated rings. The van der Waals surface area contributed by atoms with Gasteiger partial charge in [0.15, 0.2) is 0 Å². The van der Waals surface area contributed by atoms with Crippen molar-refractivity contribution in [2.75, 3.05) is 0 Å². The van der Waals surface area contributed by atoms with Crippen LogP contribution in [0.5, 0.6) is 0 Å². The number of rotatable bonds is 0. The number of hydrogen-bond acceptors (Lipinski definition) is 6. The van der Waals surface area contributed by atoms with Crippen molar-refractivity contribution in [1.29, 1.82) is 0 Å². The minimum Gasteiger partial charge on any atom is -0.356 e. The molecular formula is FeN2O6Zn+2. The van der Waals surface area contributed by atoms with Crippen LogP contribution in [0.2, 0.25) is 0 Å². The van der Waals surface area contributed by atoms with E-state index in [1.165, 1.54) is 0 Å². The second-order valence-corrected chi connectivity index (χ2v) is 0.447. The van der Waals surface area contributed by atoms with Crippen molar-refractivity contribution in [2.45, 2.75) is 0 Å². The van der Waals surface area contributed by atoms with Crippen molar-refractivity contribution in [3.05, 3.63) is 30.6 Å². The monoisotopic (exact) mass is 244 g/mol. The Kier molecular flexibility index (Phi) is 35.9. The van der Waals surface area contributed by atoms with Gasteiger partial charge in [0.25, 0.3) is 0 Å². The molecule has 0 saturated heterocycles. The Hall–Kier alpha value is -0.457. The molecule has 0 unspecified atom stereocenters. The van der Waals surface area contributed by atoms with Gasteiger partial charge in [-0.05, 0) is 0 Å². The standard InChI is InChI=1S/Fe.2NO3.Zn/c;2*2-1(3)4;/q+2;2*-1;+2. The molecule has 0 radical (unpaired) electrons. The van der Waals surface area contributed by atoms with Crippen LogP contribution in [0.25, 0.3) is 0 Å². The third-order valence-electron chi connectivity index (χ3n) is 0. The van der Waals surface area contributed by atoms with Crippen LogP contribution in [-0.4, -0.2) is 10.2 Å². The summed E-state index contributed by atoms with van der Waals surface area (Å²) in [6.45, 7) is 0. The first-order chi connectivity index (χ1) is 3.46. The fourth-order valence-electron chi connectivity index (χ4n) is 0. The van der Waals surface area contributed by atoms with E-state index in [1.54, 1.807) is 0 Å². The molecule has 0 spiro atoms. The van der Waals surface area contributed by atoms with Crippen molar-refractivity contribution < 1.29 is 46.7 Å². The number of nitrogens with zero attached hydrogens (tertiary/aromatic N) is 2. The van der Waals surface area contributed by atoms with E-state index in [2.05, 4.69) is 0 Å². The molecule has 54 valence electrons. The average molecular weight is 245 g/mol. The molecule has 0 aromatic heterocycles. The fourth-order valence-corrected chi connectivity index (χ4v) is 0. The summed E-state index contributed by atoms with van der Waals surface area (Å²) in [5.74, 6) is 0. The van der Waals surface area contributed by atoms with E-state index < -0.39 is 10.2 Å². The maximum absolute atomic E-state index is 8.25. The van der Waals surface area contributed by atoms with Crippen LogP contribution in [0.3, 0.4) is 0 Å². The van der Waals surface area contributed by atoms with Crippen molar-refractivity contribution in [1.82, 2.24) is 0 Å². The average Bonchev–Trinajstić information content (AvgIpc) is 1.25. The first-order valence-electron chi connectivity index (χ1n) is 1.10. The van der Waals surface area contributed by atoms with Crippen LogP contribution >= 0.6 is 0 Å². The molecule has 8 nitrogen and oxygen atoms in total. The predicted molar refractivity (Wildman–Crippen MR) is 20.7 cm³/mol. The van der Waals surface area contributed by atoms with Gasteiger partial charge < -0.3 is 30.6 Å². The first kappa shape index (κ1) is 22.7. The Morgan fingerprint density at radius 3 is 0.800 bits per heavy atom. The molecule has 0 rings (SSSR count). The smallest absolute Gasteiger partial charge is 0.356 e. The van der Waals surface area contributed by atoms with E-state index in [1.807, 2.05) is 0 Å². The van der Waals surface area contributed by atoms with Gasteiger partial charge in [0.1, 0.15) is 0 Å². The summed E-state index contributed by atoms with van der Waals surface area (Å²) < 4.78 is 0. The molecule has 0 amide bonds. The molecule has 0 aliphatic heterocycles. The SMILES string of the molecule is O=[N+]([O-])[O-].O=[N+]([O-])[O-].[Fe+2].[Zn+2]. The number of hydrogen-bond donors (Lipinski definition) is 0. The Bertz CT molecular complexity index is 73.7. The maximum Gasteiger partial charge on any atom is 2.00 e. The van der Waals surface area contributed by atoms with Gasteiger partial charge in [0, 0.05) is 0 Å². The summed E-state index contributed by atoms with van der Waals surface area (Å²) in [5, 5.41) is 29.5. The third-order valence-corrected chi connectivity index (χ3v) is 0. The summed E-state index contributed by atoms with van der Waals surface area (Å²) in [4.78, 5) is 16.5. The molecule has 0 bridgehead atoms. The van der Waals surface area contributed by atoms with E-state index in [0.29, 0.717) is 0 Å². The molecule has 0 saturated carbocycles. The van der Waals surface area contributed by atoms with Crippen LogP contribution in [0, 0.1) is 30.6 Å². The van der Waals surface area contributed by atoms with E-state index in [0.717, 1.165) is 0 Å². The minimum atomic E-state index is -1.75. The largest absolute Gasteiger partial charge is 2.00 e. The molecule has 0 aliphatic carbocycles. The molecule has 0 atom stereocenters. The normalized spacial score (nSPS) is 4.80. The predicted octanol–water partition coefficient (Wildman–Crippen LogP) is -0.483. The van der Waals surface area contributed by atoms with Crippen LogP contribution in [0.15, 0.2) is 0 Å². The molecule has 0 aliphatic rings. The zero-order chi connectivity index (χ0) is 7.15. The van der Waals surface area contributed by atoms with Gasteiger partial charge in [-0.1, -0.05) is 0 Å². The Balaban J connectivity index is -0.0000000300. The van der Waals surface area contributed by atoms with E-state index in [9.17, 15) is 0 Å². The first-order valence-corrected chi connectivity index (χ1v) is 1.10. The Morgan fingerprint density at radius 2 is 0.800 bits per heavy atom. The van der Waals surface area contributed by atoms with Gasteiger partial charge in [-0.3, -0.25) is 0 Å². The van der Waals surface area contributed by atoms with Crippen LogP contribution < -0.4 is 0 Å². The van der Waals surface area contributed by atoms with Crippen molar-refractivity contribution >= 4 is 0 Å². The van der Waals surface area contributed by atoms with Crippen molar-refractivity contribution in [3.8, 4) is 0 Å². The summed E-state index contributed by atoms with van der Waals surface area (Å²) in [6, 6.07) is 0. The summed E-state index contributed by atoms with van der Waals surface area (Å²) >= 11 is 0. The topological polar surface area (TPSA) is 132 Å². The molecule has 0 N–H and O–H groups in total. The quantitative estimate of drug-likeness (QED) is 0.321. The van der Waals surface area contributed by atoms with Gasteiger partial charge in [-0.15, -0.1) is 0 Å². The van der Waals surface area contributed by atoms with Crippen molar-refractivity contribution in [2.24, 2.45) is 0 Å². The second kappa shape index (κ2) is 15.8. The molecule has 10 heavy (non-hydrogen) atoms. The minimum absolute atomic E-state index is 0. The van der Waals surface area contributed by atoms with Crippen LogP contribution in [0.4, 0.5) is 0 Å².